The van der Waals surface area contributed by atoms with Gasteiger partial charge in [-0.15, -0.1) is 0 Å². The van der Waals surface area contributed by atoms with Crippen LogP contribution in [0.4, 0.5) is 4.39 Å². The van der Waals surface area contributed by atoms with E-state index in [1.165, 1.54) is 24.8 Å². The number of hydrogen-bond acceptors (Lipinski definition) is 2. The molecule has 3 atom stereocenters. The van der Waals surface area contributed by atoms with Gasteiger partial charge in [-0.25, -0.2) is 4.39 Å². The molecule has 0 aromatic heterocycles. The van der Waals surface area contributed by atoms with Gasteiger partial charge in [-0.05, 0) is 57.0 Å². The van der Waals surface area contributed by atoms with Gasteiger partial charge in [0.15, 0.2) is 0 Å². The Labute approximate surface area is 116 Å². The number of halogens is 1. The van der Waals surface area contributed by atoms with Gasteiger partial charge < -0.3 is 5.32 Å². The summed E-state index contributed by atoms with van der Waals surface area (Å²) < 4.78 is 12.9. The maximum atomic E-state index is 12.9. The molecule has 0 spiro atoms. The first kappa shape index (κ1) is 14.5. The number of rotatable bonds is 4. The molecule has 2 nitrogen and oxygen atoms in total. The van der Waals surface area contributed by atoms with Crippen molar-refractivity contribution in [2.45, 2.75) is 44.8 Å². The van der Waals surface area contributed by atoms with E-state index in [-0.39, 0.29) is 5.82 Å². The summed E-state index contributed by atoms with van der Waals surface area (Å²) in [4.78, 5) is 2.41. The first-order valence-corrected chi connectivity index (χ1v) is 7.22. The van der Waals surface area contributed by atoms with E-state index in [0.29, 0.717) is 12.1 Å². The Morgan fingerprint density at radius 3 is 2.58 bits per heavy atom. The minimum absolute atomic E-state index is 0.161. The van der Waals surface area contributed by atoms with Crippen LogP contribution in [0.25, 0.3) is 0 Å². The van der Waals surface area contributed by atoms with Crippen molar-refractivity contribution in [1.29, 1.82) is 0 Å². The Morgan fingerprint density at radius 2 is 1.95 bits per heavy atom. The van der Waals surface area contributed by atoms with Gasteiger partial charge in [0, 0.05) is 18.6 Å². The van der Waals surface area contributed by atoms with Crippen LogP contribution in [0.1, 0.15) is 31.7 Å². The first-order valence-electron chi connectivity index (χ1n) is 7.22. The lowest BCUT2D eigenvalue weighted by Gasteiger charge is -2.40. The minimum atomic E-state index is -0.161. The second-order valence-electron chi connectivity index (χ2n) is 5.92. The van der Waals surface area contributed by atoms with E-state index >= 15 is 0 Å². The maximum Gasteiger partial charge on any atom is 0.123 e. The Kier molecular flexibility index (Phi) is 4.94. The van der Waals surface area contributed by atoms with Crippen LogP contribution in [0.2, 0.25) is 0 Å². The van der Waals surface area contributed by atoms with E-state index in [0.717, 1.165) is 12.5 Å². The summed E-state index contributed by atoms with van der Waals surface area (Å²) in [6, 6.07) is 7.99. The van der Waals surface area contributed by atoms with Crippen LogP contribution in [0.15, 0.2) is 24.3 Å². The summed E-state index contributed by atoms with van der Waals surface area (Å²) in [5.41, 5.74) is 1.18. The van der Waals surface area contributed by atoms with Crippen molar-refractivity contribution in [2.75, 3.05) is 14.1 Å². The normalized spacial score (nSPS) is 27.7. The molecule has 1 N–H and O–H groups in total. The third-order valence-corrected chi connectivity index (χ3v) is 4.36. The lowest BCUT2D eigenvalue weighted by Crippen LogP contribution is -2.50. The van der Waals surface area contributed by atoms with E-state index in [9.17, 15) is 4.39 Å². The van der Waals surface area contributed by atoms with E-state index < -0.39 is 0 Å². The molecule has 0 aliphatic heterocycles. The fourth-order valence-corrected chi connectivity index (χ4v) is 3.17. The highest BCUT2D eigenvalue weighted by molar-refractivity contribution is 5.16. The highest BCUT2D eigenvalue weighted by atomic mass is 19.1. The topological polar surface area (TPSA) is 15.3 Å². The molecular formula is C16H25FN2. The Hall–Kier alpha value is -0.930. The molecule has 1 aromatic carbocycles. The molecule has 1 aliphatic carbocycles. The molecule has 1 aromatic rings. The minimum Gasteiger partial charge on any atom is -0.315 e. The van der Waals surface area contributed by atoms with Crippen LogP contribution in [0.3, 0.4) is 0 Å². The second kappa shape index (κ2) is 6.49. The van der Waals surface area contributed by atoms with Crippen LogP contribution in [0, 0.1) is 11.7 Å². The molecule has 1 aliphatic rings. The molecular weight excluding hydrogens is 239 g/mol. The quantitative estimate of drug-likeness (QED) is 0.899. The Balaban J connectivity index is 2.00. The van der Waals surface area contributed by atoms with Crippen molar-refractivity contribution in [3.8, 4) is 0 Å². The maximum absolute atomic E-state index is 12.9. The number of likely N-dealkylation sites (N-methyl/N-ethyl adjacent to an activating group) is 2. The Morgan fingerprint density at radius 1 is 1.26 bits per heavy atom. The van der Waals surface area contributed by atoms with Crippen molar-refractivity contribution >= 4 is 0 Å². The first-order chi connectivity index (χ1) is 9.10. The zero-order valence-electron chi connectivity index (χ0n) is 12.2. The van der Waals surface area contributed by atoms with Crippen molar-refractivity contribution in [3.63, 3.8) is 0 Å². The monoisotopic (exact) mass is 264 g/mol. The Bertz CT molecular complexity index is 390. The standard InChI is InChI=1S/C16H25FN2/c1-12-4-9-15(18-2)16(10-12)19(3)11-13-5-7-14(17)8-6-13/h5-8,12,15-16,18H,4,9-11H2,1-3H3. The van der Waals surface area contributed by atoms with Gasteiger partial charge in [-0.1, -0.05) is 19.1 Å². The predicted molar refractivity (Wildman–Crippen MR) is 77.5 cm³/mol. The number of nitrogens with zero attached hydrogens (tertiary/aromatic N) is 1. The number of nitrogens with one attached hydrogen (secondary N) is 1. The molecule has 3 unspecified atom stereocenters. The zero-order valence-corrected chi connectivity index (χ0v) is 12.2. The molecule has 1 fully saturated rings. The fraction of sp³-hybridized carbons (Fsp3) is 0.625. The fourth-order valence-electron chi connectivity index (χ4n) is 3.17. The largest absolute Gasteiger partial charge is 0.315 e. The molecule has 19 heavy (non-hydrogen) atoms. The second-order valence-corrected chi connectivity index (χ2v) is 5.92. The highest BCUT2D eigenvalue weighted by Crippen LogP contribution is 2.27. The average Bonchev–Trinajstić information content (AvgIpc) is 2.41. The van der Waals surface area contributed by atoms with E-state index in [2.05, 4.69) is 31.2 Å². The van der Waals surface area contributed by atoms with Crippen molar-refractivity contribution in [1.82, 2.24) is 10.2 Å². The van der Waals surface area contributed by atoms with Gasteiger partial charge in [-0.2, -0.15) is 0 Å². The van der Waals surface area contributed by atoms with E-state index in [1.54, 1.807) is 12.1 Å². The van der Waals surface area contributed by atoms with Crippen molar-refractivity contribution in [2.24, 2.45) is 5.92 Å². The molecule has 0 bridgehead atoms. The summed E-state index contributed by atoms with van der Waals surface area (Å²) in [5.74, 6) is 0.635. The van der Waals surface area contributed by atoms with Crippen LogP contribution < -0.4 is 5.32 Å². The van der Waals surface area contributed by atoms with Gasteiger partial charge in [0.25, 0.3) is 0 Å². The van der Waals surface area contributed by atoms with Crippen molar-refractivity contribution in [3.05, 3.63) is 35.6 Å². The SMILES string of the molecule is CNC1CCC(C)CC1N(C)Cc1ccc(F)cc1. The smallest absolute Gasteiger partial charge is 0.123 e. The van der Waals surface area contributed by atoms with Gasteiger partial charge in [0.1, 0.15) is 5.82 Å². The molecule has 1 saturated carbocycles. The zero-order chi connectivity index (χ0) is 13.8. The highest BCUT2D eigenvalue weighted by Gasteiger charge is 2.30. The van der Waals surface area contributed by atoms with Gasteiger partial charge in [0.05, 0.1) is 0 Å². The third-order valence-electron chi connectivity index (χ3n) is 4.36. The van der Waals surface area contributed by atoms with Gasteiger partial charge in [-0.3, -0.25) is 4.90 Å². The molecule has 2 rings (SSSR count). The van der Waals surface area contributed by atoms with Gasteiger partial charge >= 0.3 is 0 Å². The molecule has 106 valence electrons. The van der Waals surface area contributed by atoms with E-state index in [1.807, 2.05) is 12.1 Å². The summed E-state index contributed by atoms with van der Waals surface area (Å²) in [7, 11) is 4.23. The number of hydrogen-bond donors (Lipinski definition) is 1. The summed E-state index contributed by atoms with van der Waals surface area (Å²) in [6.07, 6.45) is 3.80. The third kappa shape index (κ3) is 3.77. The van der Waals surface area contributed by atoms with Crippen molar-refractivity contribution < 1.29 is 4.39 Å². The summed E-state index contributed by atoms with van der Waals surface area (Å²) >= 11 is 0. The lowest BCUT2D eigenvalue weighted by molar-refractivity contribution is 0.123. The summed E-state index contributed by atoms with van der Waals surface area (Å²) in [6.45, 7) is 3.22. The molecule has 0 radical (unpaired) electrons. The molecule has 3 heteroatoms. The van der Waals surface area contributed by atoms with Crippen LogP contribution in [0.5, 0.6) is 0 Å². The van der Waals surface area contributed by atoms with E-state index in [4.69, 9.17) is 0 Å². The lowest BCUT2D eigenvalue weighted by atomic mass is 9.82. The molecule has 0 heterocycles. The predicted octanol–water partition coefficient (Wildman–Crippen LogP) is 3.03. The average molecular weight is 264 g/mol. The number of benzene rings is 1. The van der Waals surface area contributed by atoms with Crippen LogP contribution in [-0.2, 0) is 6.54 Å². The van der Waals surface area contributed by atoms with Crippen LogP contribution >= 0.6 is 0 Å². The van der Waals surface area contributed by atoms with Gasteiger partial charge in [0.2, 0.25) is 0 Å². The molecule has 0 saturated heterocycles. The summed E-state index contributed by atoms with van der Waals surface area (Å²) in [5, 5.41) is 3.45. The molecule has 0 amide bonds. The van der Waals surface area contributed by atoms with Crippen LogP contribution in [-0.4, -0.2) is 31.1 Å².